The predicted octanol–water partition coefficient (Wildman–Crippen LogP) is 3.31. The number of anilines is 2. The van der Waals surface area contributed by atoms with Crippen molar-refractivity contribution in [1.82, 2.24) is 4.98 Å². The largest absolute Gasteiger partial charge is 0.493 e. The van der Waals surface area contributed by atoms with Gasteiger partial charge in [-0.2, -0.15) is 0 Å². The fourth-order valence-corrected chi connectivity index (χ4v) is 2.04. The maximum Gasteiger partial charge on any atom is 0.226 e. The molecule has 0 saturated heterocycles. The van der Waals surface area contributed by atoms with E-state index >= 15 is 0 Å². The summed E-state index contributed by atoms with van der Waals surface area (Å²) in [5.74, 6) is 2.03. The lowest BCUT2D eigenvalue weighted by Gasteiger charge is -2.11. The van der Waals surface area contributed by atoms with Crippen LogP contribution < -0.4 is 20.1 Å². The van der Waals surface area contributed by atoms with Crippen molar-refractivity contribution in [2.75, 3.05) is 24.9 Å². The molecule has 1 amide bonds. The number of ether oxygens (including phenoxy) is 2. The Bertz CT molecular complexity index is 684. The van der Waals surface area contributed by atoms with E-state index in [9.17, 15) is 4.79 Å². The number of benzene rings is 1. The normalized spacial score (nSPS) is 10.4. The van der Waals surface area contributed by atoms with Crippen molar-refractivity contribution >= 4 is 17.4 Å². The van der Waals surface area contributed by atoms with Gasteiger partial charge >= 0.3 is 0 Å². The number of hydrogen-bond donors (Lipinski definition) is 2. The van der Waals surface area contributed by atoms with Crippen LogP contribution >= 0.6 is 0 Å². The average Bonchev–Trinajstić information content (AvgIpc) is 2.60. The van der Waals surface area contributed by atoms with Gasteiger partial charge in [-0.1, -0.05) is 19.9 Å². The molecule has 0 aliphatic heterocycles. The highest BCUT2D eigenvalue weighted by molar-refractivity contribution is 5.91. The molecular weight excluding hydrogens is 306 g/mol. The highest BCUT2D eigenvalue weighted by atomic mass is 16.5. The van der Waals surface area contributed by atoms with Crippen molar-refractivity contribution in [3.63, 3.8) is 0 Å². The van der Waals surface area contributed by atoms with E-state index in [-0.39, 0.29) is 11.8 Å². The van der Waals surface area contributed by atoms with Crippen LogP contribution in [0.2, 0.25) is 0 Å². The zero-order valence-corrected chi connectivity index (χ0v) is 14.4. The first-order valence-electron chi connectivity index (χ1n) is 7.75. The van der Waals surface area contributed by atoms with Gasteiger partial charge in [-0.15, -0.1) is 0 Å². The molecule has 6 nitrogen and oxygen atoms in total. The molecule has 0 bridgehead atoms. The van der Waals surface area contributed by atoms with Crippen LogP contribution in [-0.4, -0.2) is 25.1 Å². The molecule has 0 fully saturated rings. The smallest absolute Gasteiger partial charge is 0.226 e. The molecule has 24 heavy (non-hydrogen) atoms. The lowest BCUT2D eigenvalue weighted by molar-refractivity contribution is -0.118. The summed E-state index contributed by atoms with van der Waals surface area (Å²) < 4.78 is 10.5. The Labute approximate surface area is 142 Å². The molecule has 0 spiro atoms. The molecular formula is C18H23N3O3. The van der Waals surface area contributed by atoms with Gasteiger partial charge in [0.15, 0.2) is 11.5 Å². The summed E-state index contributed by atoms with van der Waals surface area (Å²) in [7, 11) is 3.22. The molecule has 0 unspecified atom stereocenters. The van der Waals surface area contributed by atoms with Crippen molar-refractivity contribution in [3.05, 3.63) is 42.1 Å². The Morgan fingerprint density at radius 3 is 2.46 bits per heavy atom. The number of rotatable bonds is 7. The Balaban J connectivity index is 1.96. The third-order valence-electron chi connectivity index (χ3n) is 3.48. The van der Waals surface area contributed by atoms with E-state index < -0.39 is 0 Å². The number of nitrogens with zero attached hydrogens (tertiary/aromatic N) is 1. The second-order valence-corrected chi connectivity index (χ2v) is 5.62. The molecule has 2 N–H and O–H groups in total. The Kier molecular flexibility index (Phi) is 6.01. The highest BCUT2D eigenvalue weighted by Gasteiger charge is 2.07. The molecule has 6 heteroatoms. The predicted molar refractivity (Wildman–Crippen MR) is 94.6 cm³/mol. The number of hydrogen-bond acceptors (Lipinski definition) is 5. The summed E-state index contributed by atoms with van der Waals surface area (Å²) in [6, 6.07) is 9.41. The minimum atomic E-state index is -0.0622. The van der Waals surface area contributed by atoms with Crippen LogP contribution in [0.4, 0.5) is 11.5 Å². The number of carbonyl (C=O) groups is 1. The van der Waals surface area contributed by atoms with Gasteiger partial charge in [0.25, 0.3) is 0 Å². The van der Waals surface area contributed by atoms with Gasteiger partial charge < -0.3 is 20.1 Å². The third kappa shape index (κ3) is 4.62. The first-order chi connectivity index (χ1) is 11.5. The van der Waals surface area contributed by atoms with Crippen LogP contribution in [0.15, 0.2) is 36.5 Å². The number of methoxy groups -OCH3 is 2. The average molecular weight is 329 g/mol. The van der Waals surface area contributed by atoms with Gasteiger partial charge in [0.1, 0.15) is 5.82 Å². The molecule has 128 valence electrons. The monoisotopic (exact) mass is 329 g/mol. The second kappa shape index (κ2) is 8.19. The summed E-state index contributed by atoms with van der Waals surface area (Å²) in [5, 5.41) is 6.04. The van der Waals surface area contributed by atoms with Gasteiger partial charge in [-0.25, -0.2) is 4.98 Å². The van der Waals surface area contributed by atoms with Gasteiger partial charge in [0.2, 0.25) is 5.91 Å². The summed E-state index contributed by atoms with van der Waals surface area (Å²) in [6.07, 6.45) is 1.64. The van der Waals surface area contributed by atoms with Crippen molar-refractivity contribution in [3.8, 4) is 11.5 Å². The van der Waals surface area contributed by atoms with Gasteiger partial charge in [0, 0.05) is 12.5 Å². The van der Waals surface area contributed by atoms with Crippen LogP contribution in [-0.2, 0) is 11.3 Å². The molecule has 0 aliphatic rings. The molecule has 0 atom stereocenters. The number of pyridine rings is 1. The molecule has 0 saturated carbocycles. The first-order valence-corrected chi connectivity index (χ1v) is 7.75. The molecule has 1 aromatic heterocycles. The minimum Gasteiger partial charge on any atom is -0.493 e. The maximum atomic E-state index is 11.6. The van der Waals surface area contributed by atoms with Crippen LogP contribution in [0.3, 0.4) is 0 Å². The van der Waals surface area contributed by atoms with Crippen molar-refractivity contribution < 1.29 is 14.3 Å². The van der Waals surface area contributed by atoms with E-state index in [1.165, 1.54) is 0 Å². The maximum absolute atomic E-state index is 11.6. The summed E-state index contributed by atoms with van der Waals surface area (Å²) >= 11 is 0. The van der Waals surface area contributed by atoms with Crippen molar-refractivity contribution in [1.29, 1.82) is 0 Å². The van der Waals surface area contributed by atoms with Crippen molar-refractivity contribution in [2.45, 2.75) is 20.4 Å². The second-order valence-electron chi connectivity index (χ2n) is 5.62. The molecule has 1 aromatic carbocycles. The summed E-state index contributed by atoms with van der Waals surface area (Å²) in [4.78, 5) is 15.9. The van der Waals surface area contributed by atoms with Crippen LogP contribution in [0.25, 0.3) is 0 Å². The standard InChI is InChI=1S/C18H23N3O3/c1-12(2)18(22)21-14-6-8-17(20-11-14)19-10-13-5-7-15(23-3)16(9-13)24-4/h5-9,11-12H,10H2,1-4H3,(H,19,20)(H,21,22). The van der Waals surface area contributed by atoms with E-state index in [0.717, 1.165) is 11.4 Å². The molecule has 0 radical (unpaired) electrons. The van der Waals surface area contributed by atoms with Crippen LogP contribution in [0.5, 0.6) is 11.5 Å². The van der Waals surface area contributed by atoms with Gasteiger partial charge in [-0.05, 0) is 29.8 Å². The Morgan fingerprint density at radius 1 is 1.12 bits per heavy atom. The lowest BCUT2D eigenvalue weighted by Crippen LogP contribution is -2.17. The van der Waals surface area contributed by atoms with Crippen LogP contribution in [0, 0.1) is 5.92 Å². The Morgan fingerprint density at radius 2 is 1.88 bits per heavy atom. The third-order valence-corrected chi connectivity index (χ3v) is 3.48. The van der Waals surface area contributed by atoms with E-state index in [0.29, 0.717) is 23.7 Å². The molecule has 2 rings (SSSR count). The quantitative estimate of drug-likeness (QED) is 0.815. The Hall–Kier alpha value is -2.76. The highest BCUT2D eigenvalue weighted by Crippen LogP contribution is 2.27. The zero-order valence-electron chi connectivity index (χ0n) is 14.4. The molecule has 0 aliphatic carbocycles. The number of amides is 1. The molecule has 1 heterocycles. The SMILES string of the molecule is COc1ccc(CNc2ccc(NC(=O)C(C)C)cn2)cc1OC. The lowest BCUT2D eigenvalue weighted by atomic mass is 10.2. The number of aromatic nitrogens is 1. The van der Waals surface area contributed by atoms with E-state index in [4.69, 9.17) is 9.47 Å². The van der Waals surface area contributed by atoms with Gasteiger partial charge in [-0.3, -0.25) is 4.79 Å². The fourth-order valence-electron chi connectivity index (χ4n) is 2.04. The van der Waals surface area contributed by atoms with E-state index in [2.05, 4.69) is 15.6 Å². The molecule has 2 aromatic rings. The van der Waals surface area contributed by atoms with E-state index in [1.807, 2.05) is 44.2 Å². The van der Waals surface area contributed by atoms with Gasteiger partial charge in [0.05, 0.1) is 26.1 Å². The number of nitrogens with one attached hydrogen (secondary N) is 2. The topological polar surface area (TPSA) is 72.5 Å². The zero-order chi connectivity index (χ0) is 17.5. The number of carbonyl (C=O) groups excluding carboxylic acids is 1. The van der Waals surface area contributed by atoms with E-state index in [1.54, 1.807) is 20.4 Å². The fraction of sp³-hybridized carbons (Fsp3) is 0.333. The van der Waals surface area contributed by atoms with Crippen LogP contribution in [0.1, 0.15) is 19.4 Å². The summed E-state index contributed by atoms with van der Waals surface area (Å²) in [6.45, 7) is 4.30. The summed E-state index contributed by atoms with van der Waals surface area (Å²) in [5.41, 5.74) is 1.73. The minimum absolute atomic E-state index is 0.0252. The van der Waals surface area contributed by atoms with Crippen molar-refractivity contribution in [2.24, 2.45) is 5.92 Å². The first kappa shape index (κ1) is 17.6.